The van der Waals surface area contributed by atoms with Gasteiger partial charge in [0.1, 0.15) is 0 Å². The second kappa shape index (κ2) is 6.75. The fraction of sp³-hybridized carbons (Fsp3) is 0.158. The summed E-state index contributed by atoms with van der Waals surface area (Å²) in [6, 6.07) is 6.37. The predicted octanol–water partition coefficient (Wildman–Crippen LogP) is 5.73. The first kappa shape index (κ1) is 15.0. The molecule has 0 heteroatoms. The van der Waals surface area contributed by atoms with E-state index in [-0.39, 0.29) is 0 Å². The van der Waals surface area contributed by atoms with Crippen LogP contribution in [0, 0.1) is 6.92 Å². The zero-order chi connectivity index (χ0) is 14.4. The van der Waals surface area contributed by atoms with Crippen LogP contribution in [0.1, 0.15) is 30.0 Å². The molecule has 0 aliphatic rings. The normalized spacial score (nSPS) is 10.9. The monoisotopic (exact) mass is 250 g/mol. The molecular weight excluding hydrogens is 228 g/mol. The van der Waals surface area contributed by atoms with E-state index in [0.717, 1.165) is 28.7 Å². The van der Waals surface area contributed by atoms with Crippen molar-refractivity contribution in [2.75, 3.05) is 0 Å². The van der Waals surface area contributed by atoms with Gasteiger partial charge in [-0.3, -0.25) is 0 Å². The van der Waals surface area contributed by atoms with Gasteiger partial charge in [0.2, 0.25) is 0 Å². The summed E-state index contributed by atoms with van der Waals surface area (Å²) in [6.45, 7) is 20.1. The van der Waals surface area contributed by atoms with Crippen molar-refractivity contribution >= 4 is 11.1 Å². The van der Waals surface area contributed by atoms with Crippen LogP contribution >= 0.6 is 0 Å². The molecule has 0 fully saturated rings. The van der Waals surface area contributed by atoms with Gasteiger partial charge in [-0.25, -0.2) is 0 Å². The molecular formula is C19H22. The van der Waals surface area contributed by atoms with Crippen LogP contribution < -0.4 is 0 Å². The maximum absolute atomic E-state index is 4.19. The highest BCUT2D eigenvalue weighted by Crippen LogP contribution is 2.30. The number of benzene rings is 1. The lowest BCUT2D eigenvalue weighted by atomic mass is 9.89. The van der Waals surface area contributed by atoms with Crippen LogP contribution in [0.15, 0.2) is 68.3 Å². The maximum atomic E-state index is 4.19. The van der Waals surface area contributed by atoms with E-state index < -0.39 is 0 Å². The van der Waals surface area contributed by atoms with Gasteiger partial charge in [-0.05, 0) is 41.2 Å². The molecule has 0 unspecified atom stereocenters. The van der Waals surface area contributed by atoms with E-state index in [4.69, 9.17) is 0 Å². The summed E-state index contributed by atoms with van der Waals surface area (Å²) in [4.78, 5) is 0. The number of allylic oxidation sites excluding steroid dienone is 6. The summed E-state index contributed by atoms with van der Waals surface area (Å²) in [5.74, 6) is 0. The van der Waals surface area contributed by atoms with Crippen LogP contribution in [0.4, 0.5) is 0 Å². The topological polar surface area (TPSA) is 0 Å². The van der Waals surface area contributed by atoms with Crippen LogP contribution in [0.5, 0.6) is 0 Å². The number of hydrogen-bond donors (Lipinski definition) is 0. The molecule has 0 atom stereocenters. The van der Waals surface area contributed by atoms with Gasteiger partial charge in [-0.1, -0.05) is 75.2 Å². The third-order valence-corrected chi connectivity index (χ3v) is 3.17. The van der Waals surface area contributed by atoms with Gasteiger partial charge in [0.05, 0.1) is 0 Å². The lowest BCUT2D eigenvalue weighted by Gasteiger charge is -2.15. The predicted molar refractivity (Wildman–Crippen MR) is 88.0 cm³/mol. The minimum absolute atomic E-state index is 0.929. The highest BCUT2D eigenvalue weighted by Gasteiger charge is 2.10. The molecule has 0 heterocycles. The van der Waals surface area contributed by atoms with Crippen molar-refractivity contribution < 1.29 is 0 Å². The van der Waals surface area contributed by atoms with Crippen molar-refractivity contribution in [2.24, 2.45) is 0 Å². The SMILES string of the molecule is C=C/C=C(\C=C)C(=C)c1ccc(C)cc1C(=C)CC. The Balaban J connectivity index is 3.38. The van der Waals surface area contributed by atoms with Gasteiger partial charge in [0, 0.05) is 0 Å². The molecule has 0 amide bonds. The molecule has 0 radical (unpaired) electrons. The van der Waals surface area contributed by atoms with Crippen LogP contribution in [0.3, 0.4) is 0 Å². The smallest absolute Gasteiger partial charge is 0.0109 e. The van der Waals surface area contributed by atoms with Gasteiger partial charge < -0.3 is 0 Å². The number of hydrogen-bond acceptors (Lipinski definition) is 0. The molecule has 0 saturated carbocycles. The molecule has 0 N–H and O–H groups in total. The number of aryl methyl sites for hydroxylation is 1. The Kier molecular flexibility index (Phi) is 5.32. The van der Waals surface area contributed by atoms with E-state index >= 15 is 0 Å². The lowest BCUT2D eigenvalue weighted by molar-refractivity contribution is 1.23. The Morgan fingerprint density at radius 3 is 2.37 bits per heavy atom. The Morgan fingerprint density at radius 1 is 1.16 bits per heavy atom. The van der Waals surface area contributed by atoms with E-state index in [9.17, 15) is 0 Å². The fourth-order valence-corrected chi connectivity index (χ4v) is 1.98. The van der Waals surface area contributed by atoms with Crippen molar-refractivity contribution in [2.45, 2.75) is 20.3 Å². The Labute approximate surface area is 117 Å². The Hall–Kier alpha value is -2.08. The van der Waals surface area contributed by atoms with Crippen molar-refractivity contribution in [3.8, 4) is 0 Å². The molecule has 0 aliphatic heterocycles. The van der Waals surface area contributed by atoms with Crippen LogP contribution in [-0.2, 0) is 0 Å². The summed E-state index contributed by atoms with van der Waals surface area (Å²) in [5.41, 5.74) is 6.59. The second-order valence-corrected chi connectivity index (χ2v) is 4.55. The average Bonchev–Trinajstić information content (AvgIpc) is 2.43. The summed E-state index contributed by atoms with van der Waals surface area (Å²) in [7, 11) is 0. The summed E-state index contributed by atoms with van der Waals surface area (Å²) in [6.07, 6.45) is 6.42. The summed E-state index contributed by atoms with van der Waals surface area (Å²) >= 11 is 0. The van der Waals surface area contributed by atoms with E-state index in [0.29, 0.717) is 0 Å². The van der Waals surface area contributed by atoms with Gasteiger partial charge in [-0.2, -0.15) is 0 Å². The molecule has 19 heavy (non-hydrogen) atoms. The molecule has 0 nitrogen and oxygen atoms in total. The molecule has 0 spiro atoms. The van der Waals surface area contributed by atoms with Crippen LogP contribution in [-0.4, -0.2) is 0 Å². The third-order valence-electron chi connectivity index (χ3n) is 3.17. The largest absolute Gasteiger partial charge is 0.0990 e. The summed E-state index contributed by atoms with van der Waals surface area (Å²) < 4.78 is 0. The first-order valence-corrected chi connectivity index (χ1v) is 6.48. The first-order chi connectivity index (χ1) is 9.04. The second-order valence-electron chi connectivity index (χ2n) is 4.55. The van der Waals surface area contributed by atoms with Gasteiger partial charge in [0.15, 0.2) is 0 Å². The molecule has 1 aromatic carbocycles. The van der Waals surface area contributed by atoms with Crippen molar-refractivity contribution in [3.63, 3.8) is 0 Å². The quantitative estimate of drug-likeness (QED) is 0.565. The van der Waals surface area contributed by atoms with Gasteiger partial charge in [-0.15, -0.1) is 0 Å². The van der Waals surface area contributed by atoms with Crippen molar-refractivity contribution in [1.82, 2.24) is 0 Å². The Morgan fingerprint density at radius 2 is 1.84 bits per heavy atom. The molecule has 0 aliphatic carbocycles. The summed E-state index contributed by atoms with van der Waals surface area (Å²) in [5, 5.41) is 0. The average molecular weight is 250 g/mol. The minimum atomic E-state index is 0.929. The van der Waals surface area contributed by atoms with E-state index in [1.165, 1.54) is 11.1 Å². The number of rotatable bonds is 6. The standard InChI is InChI=1S/C19H22/c1-7-10-17(9-3)16(6)18-12-11-14(4)13-19(18)15(5)8-2/h7,9-13H,1,3,5-6,8H2,2,4H3/b17-10+. The molecule has 1 aromatic rings. The molecule has 98 valence electrons. The molecule has 1 rings (SSSR count). The highest BCUT2D eigenvalue weighted by molar-refractivity contribution is 5.87. The lowest BCUT2D eigenvalue weighted by Crippen LogP contribution is -1.94. The van der Waals surface area contributed by atoms with Crippen LogP contribution in [0.25, 0.3) is 11.1 Å². The zero-order valence-corrected chi connectivity index (χ0v) is 12.0. The first-order valence-electron chi connectivity index (χ1n) is 6.48. The maximum Gasteiger partial charge on any atom is -0.0109 e. The molecule has 0 bridgehead atoms. The van der Waals surface area contributed by atoms with E-state index in [1.54, 1.807) is 6.08 Å². The fourth-order valence-electron chi connectivity index (χ4n) is 1.98. The van der Waals surface area contributed by atoms with E-state index in [1.807, 2.05) is 12.2 Å². The van der Waals surface area contributed by atoms with Crippen molar-refractivity contribution in [1.29, 1.82) is 0 Å². The molecule has 0 aromatic heterocycles. The van der Waals surface area contributed by atoms with Crippen LogP contribution in [0.2, 0.25) is 0 Å². The Bertz CT molecular complexity index is 553. The third kappa shape index (κ3) is 3.45. The highest BCUT2D eigenvalue weighted by atomic mass is 14.1. The minimum Gasteiger partial charge on any atom is -0.0990 e. The van der Waals surface area contributed by atoms with Crippen molar-refractivity contribution in [3.05, 3.63) is 85.0 Å². The zero-order valence-electron chi connectivity index (χ0n) is 12.0. The van der Waals surface area contributed by atoms with E-state index in [2.05, 4.69) is 58.4 Å². The van der Waals surface area contributed by atoms with Gasteiger partial charge >= 0.3 is 0 Å². The van der Waals surface area contributed by atoms with Gasteiger partial charge in [0.25, 0.3) is 0 Å². The molecule has 0 saturated heterocycles.